The lowest BCUT2D eigenvalue weighted by Gasteiger charge is -2.25. The number of rotatable bonds is 6. The summed E-state index contributed by atoms with van der Waals surface area (Å²) in [5, 5.41) is 11.4. The Balaban J connectivity index is 1.72. The van der Waals surface area contributed by atoms with Crippen molar-refractivity contribution in [2.24, 2.45) is 0 Å². The number of nitrogens with zero attached hydrogens (tertiary/aromatic N) is 3. The summed E-state index contributed by atoms with van der Waals surface area (Å²) in [6, 6.07) is 11.1. The van der Waals surface area contributed by atoms with Crippen molar-refractivity contribution in [3.8, 4) is 0 Å². The molecule has 6 nitrogen and oxygen atoms in total. The zero-order valence-electron chi connectivity index (χ0n) is 16.4. The van der Waals surface area contributed by atoms with Gasteiger partial charge in [-0.25, -0.2) is 9.37 Å². The third-order valence-corrected chi connectivity index (χ3v) is 5.47. The Morgan fingerprint density at radius 3 is 2.42 bits per heavy atom. The van der Waals surface area contributed by atoms with E-state index < -0.39 is 23.5 Å². The number of amides is 1. The third kappa shape index (κ3) is 4.22. The normalized spacial score (nSPS) is 18.0. The number of aryl methyl sites for hydroxylation is 1. The number of hydrogen-bond donors (Lipinski definition) is 1. The van der Waals surface area contributed by atoms with Gasteiger partial charge < -0.3 is 14.6 Å². The summed E-state index contributed by atoms with van der Waals surface area (Å²) in [6.45, 7) is 0.887. The molecule has 0 radical (unpaired) electrons. The number of aromatic nitrogens is 2. The van der Waals surface area contributed by atoms with Gasteiger partial charge in [0.25, 0.3) is 11.7 Å². The van der Waals surface area contributed by atoms with Gasteiger partial charge in [-0.15, -0.1) is 0 Å². The molecule has 2 aromatic carbocycles. The van der Waals surface area contributed by atoms with E-state index in [-0.39, 0.29) is 17.9 Å². The van der Waals surface area contributed by atoms with Gasteiger partial charge >= 0.3 is 0 Å². The molecule has 1 saturated heterocycles. The van der Waals surface area contributed by atoms with E-state index in [1.807, 2.05) is 10.8 Å². The quantitative estimate of drug-likeness (QED) is 0.355. The zero-order chi connectivity index (χ0) is 22.0. The second-order valence-corrected chi connectivity index (χ2v) is 7.64. The number of carbonyl (C=O) groups excluding carboxylic acids is 2. The maximum atomic E-state index is 13.5. The van der Waals surface area contributed by atoms with Crippen LogP contribution in [0.4, 0.5) is 4.39 Å². The number of imidazole rings is 1. The van der Waals surface area contributed by atoms with Crippen molar-refractivity contribution in [2.45, 2.75) is 19.0 Å². The fraction of sp³-hybridized carbons (Fsp3) is 0.174. The Labute approximate surface area is 183 Å². The van der Waals surface area contributed by atoms with Gasteiger partial charge in [0.15, 0.2) is 0 Å². The van der Waals surface area contributed by atoms with Crippen LogP contribution >= 0.6 is 11.6 Å². The van der Waals surface area contributed by atoms with Crippen molar-refractivity contribution < 1.29 is 19.1 Å². The van der Waals surface area contributed by atoms with Crippen LogP contribution in [0.3, 0.4) is 0 Å². The lowest BCUT2D eigenvalue weighted by molar-refractivity contribution is -0.139. The molecule has 8 heteroatoms. The van der Waals surface area contributed by atoms with Crippen molar-refractivity contribution in [3.05, 3.63) is 94.8 Å². The summed E-state index contributed by atoms with van der Waals surface area (Å²) in [7, 11) is 0. The van der Waals surface area contributed by atoms with Gasteiger partial charge in [0.2, 0.25) is 0 Å². The number of hydrogen-bond acceptors (Lipinski definition) is 4. The molecular formula is C23H19ClFN3O3. The molecule has 1 aliphatic rings. The average molecular weight is 440 g/mol. The van der Waals surface area contributed by atoms with Crippen LogP contribution in [0.25, 0.3) is 5.76 Å². The molecule has 1 fully saturated rings. The summed E-state index contributed by atoms with van der Waals surface area (Å²) in [5.41, 5.74) is 0.883. The first-order valence-electron chi connectivity index (χ1n) is 9.71. The highest BCUT2D eigenvalue weighted by Crippen LogP contribution is 2.39. The summed E-state index contributed by atoms with van der Waals surface area (Å²) >= 11 is 5.92. The van der Waals surface area contributed by atoms with Gasteiger partial charge in [-0.2, -0.15) is 0 Å². The SMILES string of the molecule is O=C1C(=O)N(CCCn2ccnc2)[C@@H](c2ccc(F)cc2)C1=C(O)c1ccc(Cl)cc1. The molecule has 1 N–H and O–H groups in total. The summed E-state index contributed by atoms with van der Waals surface area (Å²) in [4.78, 5) is 31.2. The van der Waals surface area contributed by atoms with Gasteiger partial charge in [0, 0.05) is 36.1 Å². The summed E-state index contributed by atoms with van der Waals surface area (Å²) in [5.74, 6) is -2.19. The number of aliphatic hydroxyl groups is 1. The number of likely N-dealkylation sites (tertiary alicyclic amines) is 1. The van der Waals surface area contributed by atoms with Gasteiger partial charge in [-0.05, 0) is 48.4 Å². The topological polar surface area (TPSA) is 75.4 Å². The van der Waals surface area contributed by atoms with Crippen LogP contribution < -0.4 is 0 Å². The van der Waals surface area contributed by atoms with Gasteiger partial charge in [0.05, 0.1) is 17.9 Å². The first kappa shape index (κ1) is 20.8. The number of benzene rings is 2. The van der Waals surface area contributed by atoms with Crippen molar-refractivity contribution in [2.75, 3.05) is 6.54 Å². The number of ketones is 1. The third-order valence-electron chi connectivity index (χ3n) is 5.22. The van der Waals surface area contributed by atoms with Crippen LogP contribution in [0.15, 0.2) is 72.8 Å². The van der Waals surface area contributed by atoms with E-state index in [2.05, 4.69) is 4.98 Å². The maximum Gasteiger partial charge on any atom is 0.295 e. The Hall–Kier alpha value is -3.45. The van der Waals surface area contributed by atoms with Crippen LogP contribution in [-0.2, 0) is 16.1 Å². The van der Waals surface area contributed by atoms with Crippen molar-refractivity contribution in [3.63, 3.8) is 0 Å². The standard InChI is InChI=1S/C23H19ClFN3O3/c24-17-6-2-16(3-7-17)21(29)19-20(15-4-8-18(25)9-5-15)28(23(31)22(19)30)12-1-11-27-13-10-26-14-27/h2-10,13-14,20,29H,1,11-12H2/t20-/m0/s1. The Kier molecular flexibility index (Phi) is 5.86. The van der Waals surface area contributed by atoms with E-state index in [1.165, 1.54) is 29.2 Å². The fourth-order valence-electron chi connectivity index (χ4n) is 3.71. The van der Waals surface area contributed by atoms with E-state index in [0.29, 0.717) is 29.1 Å². The second-order valence-electron chi connectivity index (χ2n) is 7.20. The minimum absolute atomic E-state index is 0.0263. The number of Topliss-reactive ketones (excluding diaryl/α,β-unsaturated/α-hetero) is 1. The van der Waals surface area contributed by atoms with E-state index in [9.17, 15) is 19.1 Å². The van der Waals surface area contributed by atoms with Crippen LogP contribution in [0.5, 0.6) is 0 Å². The van der Waals surface area contributed by atoms with E-state index in [4.69, 9.17) is 11.6 Å². The molecule has 0 bridgehead atoms. The predicted molar refractivity (Wildman–Crippen MR) is 114 cm³/mol. The number of aliphatic hydroxyl groups excluding tert-OH is 1. The molecule has 0 aliphatic carbocycles. The Bertz CT molecular complexity index is 1130. The fourth-order valence-corrected chi connectivity index (χ4v) is 3.83. The Morgan fingerprint density at radius 1 is 1.06 bits per heavy atom. The van der Waals surface area contributed by atoms with Crippen LogP contribution in [0.2, 0.25) is 5.02 Å². The van der Waals surface area contributed by atoms with Crippen molar-refractivity contribution >= 4 is 29.1 Å². The molecule has 1 atom stereocenters. The van der Waals surface area contributed by atoms with Gasteiger partial charge in [0.1, 0.15) is 11.6 Å². The minimum Gasteiger partial charge on any atom is -0.507 e. The van der Waals surface area contributed by atoms with E-state index >= 15 is 0 Å². The molecule has 0 unspecified atom stereocenters. The first-order valence-corrected chi connectivity index (χ1v) is 10.1. The van der Waals surface area contributed by atoms with Gasteiger partial charge in [-0.1, -0.05) is 23.7 Å². The zero-order valence-corrected chi connectivity index (χ0v) is 17.2. The molecule has 1 amide bonds. The van der Waals surface area contributed by atoms with E-state index in [0.717, 1.165) is 0 Å². The van der Waals surface area contributed by atoms with Crippen molar-refractivity contribution in [1.82, 2.24) is 14.5 Å². The van der Waals surface area contributed by atoms with Gasteiger partial charge in [-0.3, -0.25) is 9.59 Å². The van der Waals surface area contributed by atoms with Crippen molar-refractivity contribution in [1.29, 1.82) is 0 Å². The molecule has 3 aromatic rings. The smallest absolute Gasteiger partial charge is 0.295 e. The highest BCUT2D eigenvalue weighted by atomic mass is 35.5. The molecule has 2 heterocycles. The largest absolute Gasteiger partial charge is 0.507 e. The first-order chi connectivity index (χ1) is 15.0. The Morgan fingerprint density at radius 2 is 1.77 bits per heavy atom. The molecule has 1 aliphatic heterocycles. The maximum absolute atomic E-state index is 13.5. The highest BCUT2D eigenvalue weighted by molar-refractivity contribution is 6.46. The molecule has 31 heavy (non-hydrogen) atoms. The molecular weight excluding hydrogens is 421 g/mol. The molecule has 0 spiro atoms. The molecule has 1 aromatic heterocycles. The minimum atomic E-state index is -0.820. The van der Waals surface area contributed by atoms with E-state index in [1.54, 1.807) is 36.8 Å². The van der Waals surface area contributed by atoms with Crippen LogP contribution in [0, 0.1) is 5.82 Å². The van der Waals surface area contributed by atoms with Crippen LogP contribution in [0.1, 0.15) is 23.6 Å². The number of carbonyl (C=O) groups is 2. The monoisotopic (exact) mass is 439 g/mol. The lowest BCUT2D eigenvalue weighted by atomic mass is 9.95. The lowest BCUT2D eigenvalue weighted by Crippen LogP contribution is -2.31. The number of halogens is 2. The average Bonchev–Trinajstić information content (AvgIpc) is 3.37. The molecule has 158 valence electrons. The second kappa shape index (κ2) is 8.73. The summed E-state index contributed by atoms with van der Waals surface area (Å²) < 4.78 is 15.4. The predicted octanol–water partition coefficient (Wildman–Crippen LogP) is 4.19. The van der Waals surface area contributed by atoms with Crippen LogP contribution in [-0.4, -0.2) is 37.8 Å². The highest BCUT2D eigenvalue weighted by Gasteiger charge is 2.45. The summed E-state index contributed by atoms with van der Waals surface area (Å²) in [6.07, 6.45) is 5.72. The molecule has 4 rings (SSSR count). The molecule has 0 saturated carbocycles.